The summed E-state index contributed by atoms with van der Waals surface area (Å²) in [7, 11) is 0. The Hall–Kier alpha value is -1.57. The van der Waals surface area contributed by atoms with E-state index in [0.717, 1.165) is 47.9 Å². The number of benzene rings is 1. The van der Waals surface area contributed by atoms with Crippen LogP contribution in [0.2, 0.25) is 0 Å². The summed E-state index contributed by atoms with van der Waals surface area (Å²) in [6.45, 7) is 4.24. The van der Waals surface area contributed by atoms with E-state index in [1.165, 1.54) is 0 Å². The highest BCUT2D eigenvalue weighted by Crippen LogP contribution is 2.38. The van der Waals surface area contributed by atoms with Gasteiger partial charge in [-0.2, -0.15) is 8.73 Å². The van der Waals surface area contributed by atoms with Crippen LogP contribution in [0.4, 0.5) is 17.1 Å². The maximum Gasteiger partial charge on any atom is 0.238 e. The molecule has 1 aromatic carbocycles. The molecule has 2 aliphatic heterocycles. The van der Waals surface area contributed by atoms with Crippen LogP contribution in [0.25, 0.3) is 0 Å². The molecular weight excluding hydrogens is 286 g/mol. The number of nitrogens with zero attached hydrogens (tertiary/aromatic N) is 3. The number of carbonyl (C=O) groups excluding carboxylic acids is 1. The van der Waals surface area contributed by atoms with E-state index in [0.29, 0.717) is 12.5 Å². The molecule has 2 heterocycles. The molecule has 21 heavy (non-hydrogen) atoms. The number of hydrogen-bond donors (Lipinski definition) is 2. The first-order chi connectivity index (χ1) is 10.1. The number of anilines is 1. The monoisotopic (exact) mass is 305 g/mol. The van der Waals surface area contributed by atoms with Crippen LogP contribution < -0.4 is 11.1 Å². The largest absolute Gasteiger partial charge is 0.327 e. The number of amides is 1. The van der Waals surface area contributed by atoms with Gasteiger partial charge in [0.05, 0.1) is 23.6 Å². The zero-order valence-electron chi connectivity index (χ0n) is 12.0. The molecule has 1 fully saturated rings. The fraction of sp³-hybridized carbons (Fsp3) is 0.500. The Morgan fingerprint density at radius 2 is 2.33 bits per heavy atom. The Labute approximate surface area is 127 Å². The van der Waals surface area contributed by atoms with Crippen molar-refractivity contribution in [2.24, 2.45) is 20.4 Å². The molecule has 2 unspecified atom stereocenters. The summed E-state index contributed by atoms with van der Waals surface area (Å²) in [6, 6.07) is 5.78. The summed E-state index contributed by atoms with van der Waals surface area (Å²) in [6.07, 6.45) is 1.03. The average Bonchev–Trinajstić information content (AvgIpc) is 2.86. The third-order valence-electron chi connectivity index (χ3n) is 3.70. The summed E-state index contributed by atoms with van der Waals surface area (Å²) in [5.41, 5.74) is 8.30. The van der Waals surface area contributed by atoms with Gasteiger partial charge in [-0.1, -0.05) is 13.0 Å². The Bertz CT molecular complexity index is 616. The van der Waals surface area contributed by atoms with Gasteiger partial charge in [0, 0.05) is 19.1 Å². The third-order valence-corrected chi connectivity index (χ3v) is 4.24. The first kappa shape index (κ1) is 14.4. The van der Waals surface area contributed by atoms with Crippen molar-refractivity contribution in [3.05, 3.63) is 18.2 Å². The van der Waals surface area contributed by atoms with Crippen LogP contribution >= 0.6 is 0 Å². The molecule has 0 saturated carbocycles. The zero-order valence-corrected chi connectivity index (χ0v) is 12.8. The second-order valence-corrected chi connectivity index (χ2v) is 6.31. The first-order valence-corrected chi connectivity index (χ1v) is 7.84. The Morgan fingerprint density at radius 3 is 3.14 bits per heavy atom. The first-order valence-electron chi connectivity index (χ1n) is 7.11. The van der Waals surface area contributed by atoms with Gasteiger partial charge >= 0.3 is 0 Å². The fourth-order valence-electron chi connectivity index (χ4n) is 2.94. The number of nitrogens with two attached hydrogens (primary N) is 1. The van der Waals surface area contributed by atoms with Crippen molar-refractivity contribution >= 4 is 34.3 Å². The van der Waals surface area contributed by atoms with Gasteiger partial charge in [0.2, 0.25) is 5.91 Å². The minimum atomic E-state index is -0.0307. The van der Waals surface area contributed by atoms with Gasteiger partial charge in [-0.15, -0.1) is 0 Å². The van der Waals surface area contributed by atoms with Crippen LogP contribution in [0.3, 0.4) is 0 Å². The van der Waals surface area contributed by atoms with Gasteiger partial charge in [-0.25, -0.2) is 0 Å². The van der Waals surface area contributed by atoms with Gasteiger partial charge in [0.25, 0.3) is 0 Å². The number of fused-ring (bicyclic) bond motifs is 1. The molecule has 7 heteroatoms. The molecule has 3 rings (SSSR count). The molecule has 0 radical (unpaired) electrons. The molecule has 3 N–H and O–H groups in total. The normalized spacial score (nSPS) is 24.5. The topological polar surface area (TPSA) is 83.1 Å². The van der Waals surface area contributed by atoms with E-state index in [1.54, 1.807) is 0 Å². The summed E-state index contributed by atoms with van der Waals surface area (Å²) < 4.78 is 8.40. The predicted molar refractivity (Wildman–Crippen MR) is 84.8 cm³/mol. The Balaban J connectivity index is 1.62. The maximum absolute atomic E-state index is 12.2. The van der Waals surface area contributed by atoms with Gasteiger partial charge in [0.15, 0.2) is 0 Å². The molecule has 112 valence electrons. The van der Waals surface area contributed by atoms with E-state index < -0.39 is 0 Å². The number of hydrogen-bond acceptors (Lipinski definition) is 5. The highest BCUT2D eigenvalue weighted by Gasteiger charge is 2.24. The molecular formula is C14H19N5OS. The predicted octanol–water partition coefficient (Wildman–Crippen LogP) is 2.02. The number of piperidine rings is 1. The van der Waals surface area contributed by atoms with Crippen molar-refractivity contribution in [1.29, 1.82) is 0 Å². The van der Waals surface area contributed by atoms with Crippen LogP contribution in [0, 0.1) is 5.92 Å². The van der Waals surface area contributed by atoms with Crippen molar-refractivity contribution in [1.82, 2.24) is 4.90 Å². The molecule has 0 spiro atoms. The van der Waals surface area contributed by atoms with Gasteiger partial charge in [0.1, 0.15) is 11.4 Å². The highest BCUT2D eigenvalue weighted by molar-refractivity contribution is 7.58. The number of carbonyl (C=O) groups is 1. The van der Waals surface area contributed by atoms with Gasteiger partial charge in [-0.3, -0.25) is 9.69 Å². The fourth-order valence-corrected chi connectivity index (χ4v) is 3.49. The second kappa shape index (κ2) is 6.05. The van der Waals surface area contributed by atoms with Gasteiger partial charge < -0.3 is 11.1 Å². The van der Waals surface area contributed by atoms with Crippen molar-refractivity contribution in [2.45, 2.75) is 19.4 Å². The summed E-state index contributed by atoms with van der Waals surface area (Å²) in [5.74, 6) is 0.504. The molecule has 2 aliphatic rings. The van der Waals surface area contributed by atoms with Crippen molar-refractivity contribution in [3.63, 3.8) is 0 Å². The van der Waals surface area contributed by atoms with Crippen LogP contribution in [0.15, 0.2) is 26.9 Å². The minimum absolute atomic E-state index is 0.0307. The average molecular weight is 305 g/mol. The third kappa shape index (κ3) is 3.37. The summed E-state index contributed by atoms with van der Waals surface area (Å²) in [5, 5.41) is 2.93. The minimum Gasteiger partial charge on any atom is -0.327 e. The Morgan fingerprint density at radius 1 is 1.48 bits per heavy atom. The number of nitrogens with one attached hydrogen (secondary N) is 1. The standard InChI is InChI=1S/C14H19N5OS/c1-9-5-10(15)7-19(6-9)8-13(20)16-11-3-2-4-12-14(11)18-21-17-12/h2-4,9-10H,5-8,15H2,1H3,(H,16,20). The molecule has 0 bridgehead atoms. The molecule has 1 amide bonds. The van der Waals surface area contributed by atoms with Crippen molar-refractivity contribution < 1.29 is 4.79 Å². The molecule has 2 atom stereocenters. The SMILES string of the molecule is CC1CC(N)CN(CC(=O)Nc2cccc3c2N=S=N3)C1. The summed E-state index contributed by atoms with van der Waals surface area (Å²) in [4.78, 5) is 14.3. The number of rotatable bonds is 3. The molecule has 1 saturated heterocycles. The van der Waals surface area contributed by atoms with Crippen molar-refractivity contribution in [3.8, 4) is 0 Å². The van der Waals surface area contributed by atoms with Gasteiger partial charge in [-0.05, 0) is 24.5 Å². The Kier molecular flexibility index (Phi) is 4.14. The quantitative estimate of drug-likeness (QED) is 0.910. The smallest absolute Gasteiger partial charge is 0.238 e. The van der Waals surface area contributed by atoms with Crippen molar-refractivity contribution in [2.75, 3.05) is 25.0 Å². The molecule has 1 aromatic rings. The molecule has 6 nitrogen and oxygen atoms in total. The lowest BCUT2D eigenvalue weighted by Gasteiger charge is -2.34. The lowest BCUT2D eigenvalue weighted by molar-refractivity contribution is -0.117. The lowest BCUT2D eigenvalue weighted by atomic mass is 9.97. The van der Waals surface area contributed by atoms with Crippen LogP contribution in [-0.2, 0) is 16.1 Å². The summed E-state index contributed by atoms with van der Waals surface area (Å²) >= 11 is 1.15. The van der Waals surface area contributed by atoms with E-state index in [4.69, 9.17) is 5.73 Å². The van der Waals surface area contributed by atoms with Crippen LogP contribution in [0.1, 0.15) is 13.3 Å². The molecule has 0 aromatic heterocycles. The van der Waals surface area contributed by atoms with E-state index in [-0.39, 0.29) is 11.9 Å². The van der Waals surface area contributed by atoms with E-state index in [2.05, 4.69) is 25.9 Å². The van der Waals surface area contributed by atoms with E-state index >= 15 is 0 Å². The highest BCUT2D eigenvalue weighted by atomic mass is 32.1. The zero-order chi connectivity index (χ0) is 14.8. The lowest BCUT2D eigenvalue weighted by Crippen LogP contribution is -2.48. The van der Waals surface area contributed by atoms with Crippen LogP contribution in [-0.4, -0.2) is 36.5 Å². The number of likely N-dealkylation sites (tertiary alicyclic amines) is 1. The molecule has 0 aliphatic carbocycles. The maximum atomic E-state index is 12.2. The van der Waals surface area contributed by atoms with E-state index in [9.17, 15) is 4.79 Å². The van der Waals surface area contributed by atoms with E-state index in [1.807, 2.05) is 18.2 Å². The second-order valence-electron chi connectivity index (χ2n) is 5.78. The van der Waals surface area contributed by atoms with Crippen LogP contribution in [0.5, 0.6) is 0 Å².